The summed E-state index contributed by atoms with van der Waals surface area (Å²) in [7, 11) is 0. The van der Waals surface area contributed by atoms with E-state index in [1.54, 1.807) is 4.90 Å². The Kier molecular flexibility index (Phi) is 1.81. The highest BCUT2D eigenvalue weighted by Crippen LogP contribution is 2.27. The number of hydrogen-bond donors (Lipinski definition) is 2. The van der Waals surface area contributed by atoms with E-state index in [0.717, 1.165) is 19.4 Å². The Bertz CT molecular complexity index is 206. The lowest BCUT2D eigenvalue weighted by molar-refractivity contribution is -0.148. The van der Waals surface area contributed by atoms with Crippen LogP contribution in [0, 0.1) is 0 Å². The third-order valence-electron chi connectivity index (χ3n) is 2.79. The molecule has 0 aromatic carbocycles. The van der Waals surface area contributed by atoms with Crippen molar-refractivity contribution in [2.75, 3.05) is 6.54 Å². The van der Waals surface area contributed by atoms with Crippen molar-refractivity contribution < 1.29 is 15.0 Å². The summed E-state index contributed by atoms with van der Waals surface area (Å²) in [6.45, 7) is 0.743. The van der Waals surface area contributed by atoms with Gasteiger partial charge in [0.25, 0.3) is 0 Å². The van der Waals surface area contributed by atoms with Crippen molar-refractivity contribution in [3.05, 3.63) is 0 Å². The number of aliphatic hydroxyl groups excluding tert-OH is 2. The molecule has 0 radical (unpaired) electrons. The predicted octanol–water partition coefficient (Wildman–Crippen LogP) is -0.897. The molecule has 0 unspecified atom stereocenters. The second kappa shape index (κ2) is 2.71. The number of piperidine rings is 1. The fourth-order valence-corrected chi connectivity index (χ4v) is 2.13. The third-order valence-corrected chi connectivity index (χ3v) is 2.79. The molecule has 2 heterocycles. The van der Waals surface area contributed by atoms with E-state index in [1.165, 1.54) is 0 Å². The van der Waals surface area contributed by atoms with E-state index in [-0.39, 0.29) is 18.4 Å². The number of carbonyl (C=O) groups excluding carboxylic acids is 1. The third kappa shape index (κ3) is 1.03. The van der Waals surface area contributed by atoms with Crippen LogP contribution in [0.25, 0.3) is 0 Å². The van der Waals surface area contributed by atoms with Crippen molar-refractivity contribution in [3.63, 3.8) is 0 Å². The van der Waals surface area contributed by atoms with Gasteiger partial charge in [-0.2, -0.15) is 0 Å². The Balaban J connectivity index is 2.17. The average molecular weight is 171 g/mol. The van der Waals surface area contributed by atoms with Crippen molar-refractivity contribution in [1.82, 2.24) is 4.90 Å². The Labute approximate surface area is 70.8 Å². The maximum atomic E-state index is 11.3. The molecule has 2 saturated heterocycles. The first kappa shape index (κ1) is 8.01. The summed E-state index contributed by atoms with van der Waals surface area (Å²) < 4.78 is 0. The van der Waals surface area contributed by atoms with E-state index in [4.69, 9.17) is 0 Å². The highest BCUT2D eigenvalue weighted by Gasteiger charge is 2.42. The summed E-state index contributed by atoms with van der Waals surface area (Å²) in [5, 5.41) is 18.8. The molecule has 2 aliphatic rings. The second-order valence-electron chi connectivity index (χ2n) is 3.56. The zero-order chi connectivity index (χ0) is 8.72. The highest BCUT2D eigenvalue weighted by atomic mass is 16.3. The summed E-state index contributed by atoms with van der Waals surface area (Å²) in [5.74, 6) is -0.0182. The number of rotatable bonds is 0. The van der Waals surface area contributed by atoms with Gasteiger partial charge >= 0.3 is 0 Å². The first-order valence-corrected chi connectivity index (χ1v) is 4.36. The molecular formula is C8H13NO3. The fraction of sp³-hybridized carbons (Fsp3) is 0.875. The number of carbonyl (C=O) groups is 1. The van der Waals surface area contributed by atoms with Crippen LogP contribution in [0.5, 0.6) is 0 Å². The van der Waals surface area contributed by atoms with Gasteiger partial charge in [0.2, 0.25) is 5.91 Å². The average Bonchev–Trinajstić information content (AvgIpc) is 2.48. The number of fused-ring (bicyclic) bond motifs is 1. The Morgan fingerprint density at radius 2 is 2.17 bits per heavy atom. The van der Waals surface area contributed by atoms with Crippen LogP contribution < -0.4 is 0 Å². The molecule has 0 aromatic heterocycles. The van der Waals surface area contributed by atoms with Gasteiger partial charge in [0.1, 0.15) is 6.10 Å². The van der Waals surface area contributed by atoms with E-state index >= 15 is 0 Å². The molecule has 3 atom stereocenters. The number of amides is 1. The largest absolute Gasteiger partial charge is 0.390 e. The van der Waals surface area contributed by atoms with Crippen LogP contribution >= 0.6 is 0 Å². The topological polar surface area (TPSA) is 60.8 Å². The van der Waals surface area contributed by atoms with Crippen LogP contribution in [0.15, 0.2) is 0 Å². The molecule has 0 bridgehead atoms. The van der Waals surface area contributed by atoms with Crippen molar-refractivity contribution in [2.45, 2.75) is 37.5 Å². The van der Waals surface area contributed by atoms with Gasteiger partial charge in [0.15, 0.2) is 0 Å². The zero-order valence-electron chi connectivity index (χ0n) is 6.81. The quantitative estimate of drug-likeness (QED) is 0.496. The van der Waals surface area contributed by atoms with Crippen LogP contribution in [0.2, 0.25) is 0 Å². The summed E-state index contributed by atoms with van der Waals surface area (Å²) >= 11 is 0. The lowest BCUT2D eigenvalue weighted by Crippen LogP contribution is -2.54. The number of nitrogens with zero attached hydrogens (tertiary/aromatic N) is 1. The molecule has 0 spiro atoms. The molecule has 4 nitrogen and oxygen atoms in total. The summed E-state index contributed by atoms with van der Waals surface area (Å²) in [6, 6.07) is -0.124. The highest BCUT2D eigenvalue weighted by molar-refractivity contribution is 5.78. The van der Waals surface area contributed by atoms with Crippen LogP contribution in [0.4, 0.5) is 0 Å². The molecule has 2 aliphatic heterocycles. The molecule has 0 aromatic rings. The minimum atomic E-state index is -0.850. The minimum absolute atomic E-state index is 0.0182. The van der Waals surface area contributed by atoms with Gasteiger partial charge in [0.05, 0.1) is 18.6 Å². The van der Waals surface area contributed by atoms with Crippen LogP contribution in [0.1, 0.15) is 19.3 Å². The van der Waals surface area contributed by atoms with Crippen LogP contribution in [-0.2, 0) is 4.79 Å². The Morgan fingerprint density at radius 1 is 1.42 bits per heavy atom. The van der Waals surface area contributed by atoms with Crippen molar-refractivity contribution in [3.8, 4) is 0 Å². The minimum Gasteiger partial charge on any atom is -0.390 e. The van der Waals surface area contributed by atoms with Gasteiger partial charge in [-0.1, -0.05) is 0 Å². The standard InChI is InChI=1S/C8H13NO3/c10-6-4-7(11)9-3-1-2-5(9)8(6)12/h5-6,8,10,12H,1-4H2/t5-,6-,8-/m0/s1. The van der Waals surface area contributed by atoms with Crippen molar-refractivity contribution in [2.24, 2.45) is 0 Å². The molecule has 2 rings (SSSR count). The monoisotopic (exact) mass is 171 g/mol. The number of aliphatic hydroxyl groups is 2. The van der Waals surface area contributed by atoms with Crippen LogP contribution in [-0.4, -0.2) is 45.8 Å². The second-order valence-corrected chi connectivity index (χ2v) is 3.56. The van der Waals surface area contributed by atoms with Gasteiger partial charge in [-0.05, 0) is 12.8 Å². The fourth-order valence-electron chi connectivity index (χ4n) is 2.13. The summed E-state index contributed by atoms with van der Waals surface area (Å²) in [4.78, 5) is 13.0. The van der Waals surface area contributed by atoms with E-state index in [2.05, 4.69) is 0 Å². The first-order chi connectivity index (χ1) is 5.70. The summed E-state index contributed by atoms with van der Waals surface area (Å²) in [6.07, 6.45) is 0.268. The smallest absolute Gasteiger partial charge is 0.225 e. The maximum Gasteiger partial charge on any atom is 0.225 e. The predicted molar refractivity (Wildman–Crippen MR) is 41.4 cm³/mol. The molecule has 0 saturated carbocycles. The Morgan fingerprint density at radius 3 is 2.92 bits per heavy atom. The van der Waals surface area contributed by atoms with Crippen molar-refractivity contribution >= 4 is 5.91 Å². The van der Waals surface area contributed by atoms with Gasteiger partial charge < -0.3 is 15.1 Å². The number of hydrogen-bond acceptors (Lipinski definition) is 3. The lowest BCUT2D eigenvalue weighted by Gasteiger charge is -2.36. The first-order valence-electron chi connectivity index (χ1n) is 4.36. The van der Waals surface area contributed by atoms with E-state index in [0.29, 0.717) is 0 Å². The van der Waals surface area contributed by atoms with Gasteiger partial charge in [-0.25, -0.2) is 0 Å². The molecule has 0 aliphatic carbocycles. The van der Waals surface area contributed by atoms with Gasteiger partial charge in [0, 0.05) is 6.54 Å². The Hall–Kier alpha value is -0.610. The van der Waals surface area contributed by atoms with Gasteiger partial charge in [-0.15, -0.1) is 0 Å². The van der Waals surface area contributed by atoms with Crippen molar-refractivity contribution in [1.29, 1.82) is 0 Å². The molecule has 68 valence electrons. The molecule has 2 N–H and O–H groups in total. The van der Waals surface area contributed by atoms with Crippen LogP contribution in [0.3, 0.4) is 0 Å². The van der Waals surface area contributed by atoms with E-state index in [1.807, 2.05) is 0 Å². The zero-order valence-corrected chi connectivity index (χ0v) is 6.81. The molecule has 1 amide bonds. The van der Waals surface area contributed by atoms with E-state index in [9.17, 15) is 15.0 Å². The molecule has 2 fully saturated rings. The molecule has 4 heteroatoms. The molecule has 12 heavy (non-hydrogen) atoms. The van der Waals surface area contributed by atoms with E-state index < -0.39 is 12.2 Å². The normalized spacial score (nSPS) is 41.7. The maximum absolute atomic E-state index is 11.3. The SMILES string of the molecule is O=C1C[C@H](O)[C@@H](O)[C@@H]2CCCN12. The summed E-state index contributed by atoms with van der Waals surface area (Å²) in [5.41, 5.74) is 0. The molecular weight excluding hydrogens is 158 g/mol. The lowest BCUT2D eigenvalue weighted by atomic mass is 9.96. The van der Waals surface area contributed by atoms with Gasteiger partial charge in [-0.3, -0.25) is 4.79 Å².